The number of hydrogen-bond acceptors (Lipinski definition) is 4. The maximum atomic E-state index is 13.5. The van der Waals surface area contributed by atoms with Crippen LogP contribution in [0.1, 0.15) is 15.9 Å². The van der Waals surface area contributed by atoms with Crippen LogP contribution in [0.3, 0.4) is 0 Å². The van der Waals surface area contributed by atoms with Gasteiger partial charge in [-0.1, -0.05) is 12.1 Å². The van der Waals surface area contributed by atoms with Crippen molar-refractivity contribution in [2.45, 2.75) is 6.61 Å². The molecular formula is C17H12F5NO4. The van der Waals surface area contributed by atoms with Crippen LogP contribution < -0.4 is 10.1 Å². The van der Waals surface area contributed by atoms with Crippen molar-refractivity contribution in [3.63, 3.8) is 0 Å². The molecule has 5 nitrogen and oxygen atoms in total. The van der Waals surface area contributed by atoms with E-state index in [1.54, 1.807) is 12.1 Å². The van der Waals surface area contributed by atoms with Crippen LogP contribution in [0.4, 0.5) is 22.0 Å². The lowest BCUT2D eigenvalue weighted by Gasteiger charge is -2.10. The fraction of sp³-hybridized carbons (Fsp3) is 0.176. The molecule has 1 N–H and O–H groups in total. The second-order valence-electron chi connectivity index (χ2n) is 5.09. The minimum Gasteiger partial charge on any atom is -0.496 e. The SMILES string of the molecule is COc1ccccc1C(=O)NCC(=O)OCc1c(F)c(F)c(F)c(F)c1F. The fourth-order valence-corrected chi connectivity index (χ4v) is 2.06. The summed E-state index contributed by atoms with van der Waals surface area (Å²) in [6.45, 7) is -1.90. The number of amides is 1. The van der Waals surface area contributed by atoms with Crippen molar-refractivity contribution < 1.29 is 41.0 Å². The molecule has 0 atom stereocenters. The van der Waals surface area contributed by atoms with Gasteiger partial charge in [-0.05, 0) is 12.1 Å². The zero-order valence-electron chi connectivity index (χ0n) is 13.7. The number of carbonyl (C=O) groups is 2. The van der Waals surface area contributed by atoms with Crippen LogP contribution in [-0.4, -0.2) is 25.5 Å². The summed E-state index contributed by atoms with van der Waals surface area (Å²) in [5, 5.41) is 2.18. The van der Waals surface area contributed by atoms with Gasteiger partial charge in [0, 0.05) is 0 Å². The predicted molar refractivity (Wildman–Crippen MR) is 81.4 cm³/mol. The summed E-state index contributed by atoms with van der Waals surface area (Å²) in [5.74, 6) is -12.4. The van der Waals surface area contributed by atoms with Gasteiger partial charge >= 0.3 is 5.97 Å². The summed E-state index contributed by atoms with van der Waals surface area (Å²) < 4.78 is 75.5. The van der Waals surface area contributed by atoms with E-state index in [0.717, 1.165) is 0 Å². The normalized spacial score (nSPS) is 10.4. The molecule has 0 saturated heterocycles. The molecule has 0 fully saturated rings. The van der Waals surface area contributed by atoms with Crippen molar-refractivity contribution in [1.82, 2.24) is 5.32 Å². The number of ether oxygens (including phenoxy) is 2. The molecule has 10 heteroatoms. The summed E-state index contributed by atoms with van der Waals surface area (Å²) in [5.41, 5.74) is -1.18. The van der Waals surface area contributed by atoms with Crippen molar-refractivity contribution in [3.05, 3.63) is 64.5 Å². The third-order valence-corrected chi connectivity index (χ3v) is 3.42. The quantitative estimate of drug-likeness (QED) is 0.357. The monoisotopic (exact) mass is 389 g/mol. The molecule has 144 valence electrons. The van der Waals surface area contributed by atoms with Gasteiger partial charge in [0.15, 0.2) is 23.3 Å². The molecule has 2 rings (SSSR count). The third-order valence-electron chi connectivity index (χ3n) is 3.42. The van der Waals surface area contributed by atoms with Gasteiger partial charge in [-0.2, -0.15) is 0 Å². The van der Waals surface area contributed by atoms with E-state index < -0.39 is 59.7 Å². The van der Waals surface area contributed by atoms with E-state index in [4.69, 9.17) is 4.74 Å². The van der Waals surface area contributed by atoms with Gasteiger partial charge in [0.1, 0.15) is 18.9 Å². The predicted octanol–water partition coefficient (Wildman–Crippen LogP) is 2.86. The standard InChI is InChI=1S/C17H12F5NO4/c1-26-10-5-3-2-4-8(10)17(25)23-6-11(24)27-7-9-12(18)14(20)16(22)15(21)13(9)19/h2-5H,6-7H2,1H3,(H,23,25). The van der Waals surface area contributed by atoms with E-state index in [-0.39, 0.29) is 11.3 Å². The molecule has 27 heavy (non-hydrogen) atoms. The molecule has 1 amide bonds. The van der Waals surface area contributed by atoms with E-state index in [1.807, 2.05) is 0 Å². The first-order valence-electron chi connectivity index (χ1n) is 7.35. The van der Waals surface area contributed by atoms with Crippen molar-refractivity contribution in [1.29, 1.82) is 0 Å². The number of nitrogens with one attached hydrogen (secondary N) is 1. The number of carbonyl (C=O) groups excluding carboxylic acids is 2. The molecule has 0 radical (unpaired) electrons. The molecule has 2 aromatic rings. The van der Waals surface area contributed by atoms with E-state index >= 15 is 0 Å². The number of halogens is 5. The minimum absolute atomic E-state index is 0.118. The van der Waals surface area contributed by atoms with Crippen LogP contribution in [-0.2, 0) is 16.1 Å². The van der Waals surface area contributed by atoms with Gasteiger partial charge in [-0.3, -0.25) is 9.59 Å². The molecule has 0 spiro atoms. The number of rotatable bonds is 6. The van der Waals surface area contributed by atoms with Gasteiger partial charge in [0.05, 0.1) is 18.2 Å². The summed E-state index contributed by atoms with van der Waals surface area (Å²) in [7, 11) is 1.34. The van der Waals surface area contributed by atoms with Crippen LogP contribution in [0.2, 0.25) is 0 Å². The Bertz CT molecular complexity index is 859. The molecule has 0 aromatic heterocycles. The molecule has 0 aliphatic carbocycles. The van der Waals surface area contributed by atoms with E-state index in [9.17, 15) is 31.5 Å². The zero-order chi connectivity index (χ0) is 20.1. The van der Waals surface area contributed by atoms with Crippen molar-refractivity contribution in [3.8, 4) is 5.75 Å². The topological polar surface area (TPSA) is 64.6 Å². The highest BCUT2D eigenvalue weighted by molar-refractivity contribution is 5.98. The fourth-order valence-electron chi connectivity index (χ4n) is 2.06. The van der Waals surface area contributed by atoms with Crippen LogP contribution in [0, 0.1) is 29.1 Å². The lowest BCUT2D eigenvalue weighted by Crippen LogP contribution is -2.31. The van der Waals surface area contributed by atoms with Gasteiger partial charge in [-0.25, -0.2) is 22.0 Å². The van der Waals surface area contributed by atoms with Gasteiger partial charge in [0.25, 0.3) is 5.91 Å². The smallest absolute Gasteiger partial charge is 0.325 e. The molecule has 0 aliphatic rings. The highest BCUT2D eigenvalue weighted by Crippen LogP contribution is 2.23. The maximum Gasteiger partial charge on any atom is 0.325 e. The second-order valence-corrected chi connectivity index (χ2v) is 5.09. The number of benzene rings is 2. The van der Waals surface area contributed by atoms with Crippen molar-refractivity contribution >= 4 is 11.9 Å². The first-order valence-corrected chi connectivity index (χ1v) is 7.35. The third kappa shape index (κ3) is 4.33. The largest absolute Gasteiger partial charge is 0.496 e. The molecule has 0 aliphatic heterocycles. The lowest BCUT2D eigenvalue weighted by molar-refractivity contribution is -0.143. The highest BCUT2D eigenvalue weighted by atomic mass is 19.2. The Morgan fingerprint density at radius 2 is 1.48 bits per heavy atom. The van der Waals surface area contributed by atoms with Crippen LogP contribution in [0.5, 0.6) is 5.75 Å². The molecular weight excluding hydrogens is 377 g/mol. The first kappa shape index (κ1) is 20.1. The number of para-hydroxylation sites is 1. The van der Waals surface area contributed by atoms with E-state index in [2.05, 4.69) is 10.1 Å². The summed E-state index contributed by atoms with van der Waals surface area (Å²) >= 11 is 0. The number of hydrogen-bond donors (Lipinski definition) is 1. The Morgan fingerprint density at radius 3 is 2.07 bits per heavy atom. The van der Waals surface area contributed by atoms with Crippen LogP contribution in [0.15, 0.2) is 24.3 Å². The van der Waals surface area contributed by atoms with E-state index in [0.29, 0.717) is 0 Å². The van der Waals surface area contributed by atoms with Crippen LogP contribution in [0.25, 0.3) is 0 Å². The van der Waals surface area contributed by atoms with Crippen molar-refractivity contribution in [2.75, 3.05) is 13.7 Å². The van der Waals surface area contributed by atoms with Gasteiger partial charge in [0.2, 0.25) is 5.82 Å². The maximum absolute atomic E-state index is 13.5. The first-order chi connectivity index (χ1) is 12.8. The molecule has 0 bridgehead atoms. The van der Waals surface area contributed by atoms with Gasteiger partial charge in [-0.15, -0.1) is 0 Å². The molecule has 0 saturated carbocycles. The summed E-state index contributed by atoms with van der Waals surface area (Å²) in [4.78, 5) is 23.6. The Labute approximate surface area is 149 Å². The molecule has 0 heterocycles. The zero-order valence-corrected chi connectivity index (χ0v) is 13.7. The summed E-state index contributed by atoms with van der Waals surface area (Å²) in [6, 6.07) is 6.11. The minimum atomic E-state index is -2.32. The summed E-state index contributed by atoms with van der Waals surface area (Å²) in [6.07, 6.45) is 0. The Morgan fingerprint density at radius 1 is 0.926 bits per heavy atom. The number of methoxy groups -OCH3 is 1. The molecule has 2 aromatic carbocycles. The Kier molecular flexibility index (Phi) is 6.32. The highest BCUT2D eigenvalue weighted by Gasteiger charge is 2.26. The van der Waals surface area contributed by atoms with E-state index in [1.165, 1.54) is 19.2 Å². The van der Waals surface area contributed by atoms with Crippen molar-refractivity contribution in [2.24, 2.45) is 0 Å². The lowest BCUT2D eigenvalue weighted by atomic mass is 10.2. The Balaban J connectivity index is 1.99. The second kappa shape index (κ2) is 8.47. The average Bonchev–Trinajstić information content (AvgIpc) is 2.68. The Hall–Kier alpha value is -3.17. The average molecular weight is 389 g/mol. The van der Waals surface area contributed by atoms with Crippen LogP contribution >= 0.6 is 0 Å². The van der Waals surface area contributed by atoms with Gasteiger partial charge < -0.3 is 14.8 Å². The number of esters is 1. The molecule has 0 unspecified atom stereocenters.